The van der Waals surface area contributed by atoms with Crippen LogP contribution < -0.4 is 0 Å². The van der Waals surface area contributed by atoms with Crippen LogP contribution in [0.3, 0.4) is 0 Å². The van der Waals surface area contributed by atoms with Crippen molar-refractivity contribution in [3.63, 3.8) is 0 Å². The van der Waals surface area contributed by atoms with Gasteiger partial charge in [0.05, 0.1) is 12.1 Å². The molecule has 136 valence electrons. The van der Waals surface area contributed by atoms with Crippen molar-refractivity contribution in [3.05, 3.63) is 41.9 Å². The second-order valence-corrected chi connectivity index (χ2v) is 7.79. The van der Waals surface area contributed by atoms with Gasteiger partial charge in [0.15, 0.2) is 0 Å². The molecule has 2 aromatic rings. The highest BCUT2D eigenvalue weighted by Gasteiger charge is 2.37. The van der Waals surface area contributed by atoms with Gasteiger partial charge in [-0.15, -0.1) is 10.2 Å². The molecule has 2 aromatic heterocycles. The fourth-order valence-corrected chi connectivity index (χ4v) is 4.21. The molecular weight excluding hydrogens is 330 g/mol. The zero-order valence-electron chi connectivity index (χ0n) is 14.8. The zero-order chi connectivity index (χ0) is 17.5. The largest absolute Gasteiger partial charge is 0.424 e. The fourth-order valence-electron chi connectivity index (χ4n) is 4.21. The number of aromatic nitrogens is 3. The molecule has 4 aliphatic rings. The Morgan fingerprint density at radius 1 is 1.15 bits per heavy atom. The van der Waals surface area contributed by atoms with Gasteiger partial charge in [0.1, 0.15) is 0 Å². The lowest BCUT2D eigenvalue weighted by molar-refractivity contribution is 0.0732. The molecule has 1 amide bonds. The Morgan fingerprint density at radius 3 is 2.88 bits per heavy atom. The average Bonchev–Trinajstić information content (AvgIpc) is 3.47. The zero-order valence-corrected chi connectivity index (χ0v) is 14.8. The van der Waals surface area contributed by atoms with Gasteiger partial charge in [0, 0.05) is 44.0 Å². The number of piperidine rings is 1. The maximum Gasteiger partial charge on any atom is 0.255 e. The van der Waals surface area contributed by atoms with Crippen molar-refractivity contribution in [1.29, 1.82) is 0 Å². The molecule has 0 N–H and O–H groups in total. The van der Waals surface area contributed by atoms with E-state index in [1.54, 1.807) is 12.4 Å². The molecule has 3 saturated heterocycles. The first-order valence-corrected chi connectivity index (χ1v) is 9.52. The first-order chi connectivity index (χ1) is 12.8. The van der Waals surface area contributed by atoms with Crippen LogP contribution in [0.5, 0.6) is 0 Å². The highest BCUT2D eigenvalue weighted by Crippen LogP contribution is 2.39. The number of nitrogens with zero attached hydrogens (tertiary/aromatic N) is 5. The van der Waals surface area contributed by atoms with E-state index in [-0.39, 0.29) is 5.91 Å². The van der Waals surface area contributed by atoms with Crippen molar-refractivity contribution in [2.75, 3.05) is 19.6 Å². The Morgan fingerprint density at radius 2 is 2.08 bits per heavy atom. The van der Waals surface area contributed by atoms with E-state index in [0.717, 1.165) is 31.9 Å². The van der Waals surface area contributed by atoms with Crippen LogP contribution >= 0.6 is 0 Å². The predicted octanol–water partition coefficient (Wildman–Crippen LogP) is 2.08. The maximum absolute atomic E-state index is 12.8. The third-order valence-corrected chi connectivity index (χ3v) is 5.77. The number of carbonyl (C=O) groups is 1. The molecule has 1 saturated carbocycles. The van der Waals surface area contributed by atoms with Gasteiger partial charge >= 0.3 is 0 Å². The Hall–Kier alpha value is -2.28. The van der Waals surface area contributed by atoms with Crippen molar-refractivity contribution in [1.82, 2.24) is 25.0 Å². The van der Waals surface area contributed by atoms with Crippen LogP contribution in [0.1, 0.15) is 53.7 Å². The summed E-state index contributed by atoms with van der Waals surface area (Å²) < 4.78 is 5.85. The number of pyridine rings is 1. The summed E-state index contributed by atoms with van der Waals surface area (Å²) >= 11 is 0. The molecule has 3 aliphatic heterocycles. The topological polar surface area (TPSA) is 75.4 Å². The molecule has 0 radical (unpaired) electrons. The molecule has 6 rings (SSSR count). The van der Waals surface area contributed by atoms with E-state index in [1.807, 2.05) is 17.0 Å². The Kier molecular flexibility index (Phi) is 3.96. The summed E-state index contributed by atoms with van der Waals surface area (Å²) in [6, 6.07) is 4.02. The van der Waals surface area contributed by atoms with E-state index < -0.39 is 0 Å². The Labute approximate surface area is 152 Å². The molecule has 0 spiro atoms. The van der Waals surface area contributed by atoms with Crippen LogP contribution in [0.15, 0.2) is 28.9 Å². The standard InChI is InChI=1S/C19H23N5O2/c25-19(15-2-1-7-20-8-15)24-10-13-3-6-16(11-24)23(9-13)12-17-21-22-18(26-17)14-4-5-14/h1-2,7-8,13-14,16H,3-6,9-12H2/t13-,16-/m0/s1. The van der Waals surface area contributed by atoms with Crippen molar-refractivity contribution in [2.45, 2.75) is 44.2 Å². The third kappa shape index (κ3) is 3.11. The van der Waals surface area contributed by atoms with E-state index in [1.165, 1.54) is 19.3 Å². The van der Waals surface area contributed by atoms with E-state index >= 15 is 0 Å². The van der Waals surface area contributed by atoms with Crippen LogP contribution in [0.2, 0.25) is 0 Å². The third-order valence-electron chi connectivity index (χ3n) is 5.77. The van der Waals surface area contributed by atoms with Gasteiger partial charge in [-0.2, -0.15) is 0 Å². The minimum atomic E-state index is 0.0886. The van der Waals surface area contributed by atoms with Crippen LogP contribution in [-0.2, 0) is 6.54 Å². The first kappa shape index (κ1) is 15.9. The number of rotatable bonds is 4. The quantitative estimate of drug-likeness (QED) is 0.838. The monoisotopic (exact) mass is 353 g/mol. The Balaban J connectivity index is 1.29. The summed E-state index contributed by atoms with van der Waals surface area (Å²) in [6.45, 7) is 3.25. The van der Waals surface area contributed by atoms with E-state index in [9.17, 15) is 4.79 Å². The predicted molar refractivity (Wildman–Crippen MR) is 93.3 cm³/mol. The minimum absolute atomic E-state index is 0.0886. The van der Waals surface area contributed by atoms with Crippen molar-refractivity contribution in [3.8, 4) is 0 Å². The molecule has 4 fully saturated rings. The number of hydrogen-bond donors (Lipinski definition) is 0. The lowest BCUT2D eigenvalue weighted by atomic mass is 9.95. The molecule has 5 heterocycles. The van der Waals surface area contributed by atoms with Gasteiger partial charge in [0.2, 0.25) is 11.8 Å². The molecular formula is C19H23N5O2. The van der Waals surface area contributed by atoms with Crippen LogP contribution in [0.25, 0.3) is 0 Å². The second-order valence-electron chi connectivity index (χ2n) is 7.79. The molecule has 2 bridgehead atoms. The lowest BCUT2D eigenvalue weighted by Gasteiger charge is -2.34. The molecule has 0 unspecified atom stereocenters. The van der Waals surface area contributed by atoms with Crippen molar-refractivity contribution >= 4 is 5.91 Å². The van der Waals surface area contributed by atoms with E-state index in [4.69, 9.17) is 4.42 Å². The summed E-state index contributed by atoms with van der Waals surface area (Å²) in [6.07, 6.45) is 7.98. The Bertz CT molecular complexity index is 788. The van der Waals surface area contributed by atoms with Crippen molar-refractivity contribution in [2.24, 2.45) is 5.92 Å². The van der Waals surface area contributed by atoms with Crippen LogP contribution in [-0.4, -0.2) is 56.6 Å². The highest BCUT2D eigenvalue weighted by atomic mass is 16.4. The molecule has 7 heteroatoms. The molecule has 1 aliphatic carbocycles. The number of fused-ring (bicyclic) bond motifs is 4. The maximum atomic E-state index is 12.8. The van der Waals surface area contributed by atoms with Gasteiger partial charge in [-0.3, -0.25) is 14.7 Å². The normalized spacial score (nSPS) is 26.1. The summed E-state index contributed by atoms with van der Waals surface area (Å²) in [5, 5.41) is 8.44. The number of carbonyl (C=O) groups excluding carboxylic acids is 1. The highest BCUT2D eigenvalue weighted by molar-refractivity contribution is 5.93. The molecule has 7 nitrogen and oxygen atoms in total. The molecule has 0 aromatic carbocycles. The summed E-state index contributed by atoms with van der Waals surface area (Å²) in [7, 11) is 0. The smallest absolute Gasteiger partial charge is 0.255 e. The SMILES string of the molecule is O=C(c1cccnc1)N1C[C@H]2CC[C@@H](C1)N(Cc1nnc(C3CC3)o1)C2. The fraction of sp³-hybridized carbons (Fsp3) is 0.579. The molecule has 2 atom stereocenters. The number of amides is 1. The summed E-state index contributed by atoms with van der Waals surface area (Å²) in [4.78, 5) is 21.4. The van der Waals surface area contributed by atoms with E-state index in [2.05, 4.69) is 20.1 Å². The summed E-state index contributed by atoms with van der Waals surface area (Å²) in [5.41, 5.74) is 0.673. The van der Waals surface area contributed by atoms with Gasteiger partial charge in [-0.05, 0) is 43.7 Å². The number of hydrogen-bond acceptors (Lipinski definition) is 6. The second kappa shape index (κ2) is 6.46. The minimum Gasteiger partial charge on any atom is -0.424 e. The lowest BCUT2D eigenvalue weighted by Crippen LogP contribution is -2.44. The van der Waals surface area contributed by atoms with Gasteiger partial charge in [0.25, 0.3) is 5.91 Å². The van der Waals surface area contributed by atoms with E-state index in [0.29, 0.717) is 35.9 Å². The van der Waals surface area contributed by atoms with Crippen LogP contribution in [0.4, 0.5) is 0 Å². The van der Waals surface area contributed by atoms with Gasteiger partial charge in [-0.25, -0.2) is 0 Å². The summed E-state index contributed by atoms with van der Waals surface area (Å²) in [5.74, 6) is 2.59. The molecule has 26 heavy (non-hydrogen) atoms. The van der Waals surface area contributed by atoms with Gasteiger partial charge in [-0.1, -0.05) is 0 Å². The first-order valence-electron chi connectivity index (χ1n) is 9.52. The average molecular weight is 353 g/mol. The van der Waals surface area contributed by atoms with Crippen LogP contribution in [0, 0.1) is 5.92 Å². The van der Waals surface area contributed by atoms with Gasteiger partial charge < -0.3 is 9.32 Å². The van der Waals surface area contributed by atoms with Crippen molar-refractivity contribution < 1.29 is 9.21 Å².